The number of imidazole rings is 1. The highest BCUT2D eigenvalue weighted by molar-refractivity contribution is 6.00. The first-order valence-electron chi connectivity index (χ1n) is 10.4. The van der Waals surface area contributed by atoms with Crippen LogP contribution in [-0.4, -0.2) is 26.2 Å². The smallest absolute Gasteiger partial charge is 0.357 e. The molecule has 33 heavy (non-hydrogen) atoms. The molecule has 0 saturated heterocycles. The Morgan fingerprint density at radius 2 is 1.09 bits per heavy atom. The Morgan fingerprint density at radius 1 is 0.667 bits per heavy atom. The van der Waals surface area contributed by atoms with Gasteiger partial charge in [0, 0.05) is 0 Å². The first kappa shape index (κ1) is 21.8. The minimum Gasteiger partial charge on any atom is -0.476 e. The van der Waals surface area contributed by atoms with E-state index in [9.17, 15) is 19.5 Å². The maximum atomic E-state index is 13.4. The number of nitrogens with zero attached hydrogens (tertiary/aromatic N) is 2. The van der Waals surface area contributed by atoms with Crippen LogP contribution >= 0.6 is 0 Å². The molecule has 0 aliphatic carbocycles. The number of carbonyl (C=O) groups excluding carboxylic acids is 1. The zero-order chi connectivity index (χ0) is 23.2. The summed E-state index contributed by atoms with van der Waals surface area (Å²) in [5.74, 6) is -2.24. The molecule has 166 valence electrons. The van der Waals surface area contributed by atoms with E-state index in [1.54, 1.807) is 48.5 Å². The number of hydrogen-bond donors (Lipinski definition) is 1. The fourth-order valence-electron chi connectivity index (χ4n) is 3.63. The van der Waals surface area contributed by atoms with Gasteiger partial charge >= 0.3 is 17.6 Å². The van der Waals surface area contributed by atoms with Gasteiger partial charge in [-0.15, -0.1) is 0 Å². The van der Waals surface area contributed by atoms with Crippen LogP contribution in [0.5, 0.6) is 0 Å². The first-order chi connectivity index (χ1) is 16.0. The molecule has 0 fully saturated rings. The third-order valence-electron chi connectivity index (χ3n) is 5.20. The van der Waals surface area contributed by atoms with Crippen LogP contribution in [0.3, 0.4) is 0 Å². The number of esters is 1. The Hall–Kier alpha value is -4.39. The number of aromatic nitrogens is 2. The van der Waals surface area contributed by atoms with Gasteiger partial charge in [0.05, 0.1) is 13.1 Å². The SMILES string of the molecule is O=C(O)c1c(C(=O)OCc2ccccc2)n(Cc2ccccc2)c(=O)n1Cc1ccccc1. The summed E-state index contributed by atoms with van der Waals surface area (Å²) in [6, 6.07) is 27.2. The zero-order valence-electron chi connectivity index (χ0n) is 17.8. The Morgan fingerprint density at radius 3 is 1.55 bits per heavy atom. The minimum absolute atomic E-state index is 0.0159. The molecule has 0 atom stereocenters. The molecule has 0 spiro atoms. The average Bonchev–Trinajstić information content (AvgIpc) is 3.11. The molecule has 0 amide bonds. The van der Waals surface area contributed by atoms with Crippen LogP contribution in [-0.2, 0) is 24.4 Å². The summed E-state index contributed by atoms with van der Waals surface area (Å²) >= 11 is 0. The van der Waals surface area contributed by atoms with E-state index in [1.165, 1.54) is 4.57 Å². The second kappa shape index (κ2) is 9.82. The summed E-state index contributed by atoms with van der Waals surface area (Å²) in [5, 5.41) is 9.98. The molecule has 3 aromatic carbocycles. The fraction of sp³-hybridized carbons (Fsp3) is 0.115. The Bertz CT molecular complexity index is 1310. The van der Waals surface area contributed by atoms with Crippen LogP contribution in [0.2, 0.25) is 0 Å². The first-order valence-corrected chi connectivity index (χ1v) is 10.4. The van der Waals surface area contributed by atoms with Gasteiger partial charge in [-0.2, -0.15) is 0 Å². The topological polar surface area (TPSA) is 90.5 Å². The van der Waals surface area contributed by atoms with Crippen molar-refractivity contribution in [2.45, 2.75) is 19.7 Å². The second-order valence-electron chi connectivity index (χ2n) is 7.49. The number of hydrogen-bond acceptors (Lipinski definition) is 4. The van der Waals surface area contributed by atoms with Crippen molar-refractivity contribution in [1.29, 1.82) is 0 Å². The molecule has 4 rings (SSSR count). The lowest BCUT2D eigenvalue weighted by Crippen LogP contribution is -2.27. The van der Waals surface area contributed by atoms with Crippen molar-refractivity contribution in [3.05, 3.63) is 130 Å². The number of carbonyl (C=O) groups is 2. The summed E-state index contributed by atoms with van der Waals surface area (Å²) < 4.78 is 7.71. The van der Waals surface area contributed by atoms with Crippen LogP contribution in [0.25, 0.3) is 0 Å². The number of ether oxygens (including phenoxy) is 1. The van der Waals surface area contributed by atoms with Gasteiger partial charge in [0.2, 0.25) is 0 Å². The van der Waals surface area contributed by atoms with Crippen LogP contribution in [0.4, 0.5) is 0 Å². The van der Waals surface area contributed by atoms with Gasteiger partial charge in [-0.3, -0.25) is 9.13 Å². The highest BCUT2D eigenvalue weighted by Crippen LogP contribution is 2.16. The van der Waals surface area contributed by atoms with Gasteiger partial charge in [0.25, 0.3) is 0 Å². The summed E-state index contributed by atoms with van der Waals surface area (Å²) in [7, 11) is 0. The van der Waals surface area contributed by atoms with E-state index < -0.39 is 23.3 Å². The monoisotopic (exact) mass is 442 g/mol. The molecule has 0 aliphatic heterocycles. The quantitative estimate of drug-likeness (QED) is 0.419. The Balaban J connectivity index is 1.78. The summed E-state index contributed by atoms with van der Waals surface area (Å²) in [5.41, 5.74) is 0.991. The van der Waals surface area contributed by atoms with Crippen LogP contribution in [0.1, 0.15) is 37.7 Å². The molecular weight excluding hydrogens is 420 g/mol. The molecular formula is C26H22N2O5. The van der Waals surface area contributed by atoms with E-state index in [0.29, 0.717) is 0 Å². The third-order valence-corrected chi connectivity index (χ3v) is 5.20. The van der Waals surface area contributed by atoms with Crippen molar-refractivity contribution in [3.8, 4) is 0 Å². The van der Waals surface area contributed by atoms with Crippen molar-refractivity contribution in [3.63, 3.8) is 0 Å². The molecule has 1 aromatic heterocycles. The normalized spacial score (nSPS) is 10.7. The maximum absolute atomic E-state index is 13.4. The number of rotatable bonds is 8. The van der Waals surface area contributed by atoms with Gasteiger partial charge in [0.1, 0.15) is 6.61 Å². The number of carboxylic acid groups (broad SMARTS) is 1. The highest BCUT2D eigenvalue weighted by atomic mass is 16.5. The summed E-state index contributed by atoms with van der Waals surface area (Å²) in [4.78, 5) is 38.7. The van der Waals surface area contributed by atoms with Gasteiger partial charge in [-0.25, -0.2) is 14.4 Å². The van der Waals surface area contributed by atoms with E-state index in [0.717, 1.165) is 21.3 Å². The Kier molecular flexibility index (Phi) is 6.50. The Labute approximate surface area is 190 Å². The number of aromatic carboxylic acids is 1. The molecule has 0 aliphatic rings. The molecule has 0 saturated carbocycles. The molecule has 1 heterocycles. The van der Waals surface area contributed by atoms with Gasteiger partial charge in [0.15, 0.2) is 11.4 Å². The van der Waals surface area contributed by atoms with Crippen molar-refractivity contribution in [1.82, 2.24) is 9.13 Å². The van der Waals surface area contributed by atoms with Gasteiger partial charge in [-0.1, -0.05) is 91.0 Å². The minimum atomic E-state index is -1.37. The van der Waals surface area contributed by atoms with E-state index in [-0.39, 0.29) is 25.4 Å². The molecule has 7 nitrogen and oxygen atoms in total. The van der Waals surface area contributed by atoms with E-state index in [1.807, 2.05) is 42.5 Å². The standard InChI is InChI=1S/C26H22N2O5/c29-24(30)22-23(25(31)33-18-21-14-8-3-9-15-21)28(17-20-12-6-2-7-13-20)26(32)27(22)16-19-10-4-1-5-11-19/h1-15H,16-18H2,(H,29,30). The molecule has 0 unspecified atom stereocenters. The van der Waals surface area contributed by atoms with E-state index in [2.05, 4.69) is 0 Å². The molecule has 4 aromatic rings. The number of benzene rings is 3. The fourth-order valence-corrected chi connectivity index (χ4v) is 3.63. The average molecular weight is 442 g/mol. The lowest BCUT2D eigenvalue weighted by atomic mass is 10.2. The summed E-state index contributed by atoms with van der Waals surface area (Å²) in [6.07, 6.45) is 0. The van der Waals surface area contributed by atoms with Gasteiger partial charge < -0.3 is 9.84 Å². The lowest BCUT2D eigenvalue weighted by molar-refractivity contribution is 0.0450. The van der Waals surface area contributed by atoms with Crippen molar-refractivity contribution < 1.29 is 19.4 Å². The molecule has 0 radical (unpaired) electrons. The van der Waals surface area contributed by atoms with Crippen molar-refractivity contribution in [2.75, 3.05) is 0 Å². The van der Waals surface area contributed by atoms with Crippen molar-refractivity contribution in [2.24, 2.45) is 0 Å². The molecule has 0 bridgehead atoms. The highest BCUT2D eigenvalue weighted by Gasteiger charge is 2.31. The van der Waals surface area contributed by atoms with Crippen molar-refractivity contribution >= 4 is 11.9 Å². The lowest BCUT2D eigenvalue weighted by Gasteiger charge is -2.09. The van der Waals surface area contributed by atoms with Crippen LogP contribution in [0, 0.1) is 0 Å². The predicted molar refractivity (Wildman–Crippen MR) is 122 cm³/mol. The van der Waals surface area contributed by atoms with Gasteiger partial charge in [-0.05, 0) is 16.7 Å². The predicted octanol–water partition coefficient (Wildman–Crippen LogP) is 3.80. The second-order valence-corrected chi connectivity index (χ2v) is 7.49. The van der Waals surface area contributed by atoms with Crippen LogP contribution < -0.4 is 5.69 Å². The summed E-state index contributed by atoms with van der Waals surface area (Å²) in [6.45, 7) is 0.0156. The van der Waals surface area contributed by atoms with Crippen LogP contribution in [0.15, 0.2) is 95.8 Å². The van der Waals surface area contributed by atoms with E-state index in [4.69, 9.17) is 4.74 Å². The van der Waals surface area contributed by atoms with E-state index >= 15 is 0 Å². The molecule has 1 N–H and O–H groups in total. The molecule has 7 heteroatoms. The third kappa shape index (κ3) is 4.93. The zero-order valence-corrected chi connectivity index (χ0v) is 17.8. The number of carboxylic acids is 1. The maximum Gasteiger partial charge on any atom is 0.357 e. The largest absolute Gasteiger partial charge is 0.476 e.